The Bertz CT molecular complexity index is 587. The zero-order chi connectivity index (χ0) is 13.0. The monoisotopic (exact) mass is 296 g/mol. The average Bonchev–Trinajstić information content (AvgIpc) is 2.77. The van der Waals surface area contributed by atoms with Gasteiger partial charge in [0.1, 0.15) is 4.67 Å². The van der Waals surface area contributed by atoms with Crippen LogP contribution in [0.3, 0.4) is 0 Å². The maximum absolute atomic E-state index is 11.5. The van der Waals surface area contributed by atoms with Crippen molar-refractivity contribution in [3.63, 3.8) is 0 Å². The second-order valence-electron chi connectivity index (χ2n) is 3.68. The van der Waals surface area contributed by atoms with Crippen LogP contribution in [0.15, 0.2) is 45.6 Å². The molecule has 94 valence electrons. The van der Waals surface area contributed by atoms with E-state index >= 15 is 0 Å². The minimum atomic E-state index is 0.0373. The predicted octanol–water partition coefficient (Wildman–Crippen LogP) is 3.82. The van der Waals surface area contributed by atoms with Gasteiger partial charge in [-0.05, 0) is 30.0 Å². The van der Waals surface area contributed by atoms with E-state index < -0.39 is 0 Å². The highest BCUT2D eigenvalue weighted by Crippen LogP contribution is 2.26. The Morgan fingerprint density at radius 3 is 2.61 bits per heavy atom. The molecule has 0 saturated carbocycles. The molecule has 1 aromatic heterocycles. The van der Waals surface area contributed by atoms with Crippen molar-refractivity contribution in [2.45, 2.75) is 4.21 Å². The molecule has 0 aliphatic carbocycles. The predicted molar refractivity (Wildman–Crippen MR) is 78.8 cm³/mol. The molecule has 0 radical (unpaired) electrons. The van der Waals surface area contributed by atoms with Crippen LogP contribution >= 0.6 is 32.4 Å². The summed E-state index contributed by atoms with van der Waals surface area (Å²) in [4.78, 5) is 17.6. The van der Waals surface area contributed by atoms with Crippen molar-refractivity contribution in [2.75, 3.05) is 14.1 Å². The number of amides is 1. The van der Waals surface area contributed by atoms with E-state index in [2.05, 4.69) is 4.99 Å². The second kappa shape index (κ2) is 6.17. The van der Waals surface area contributed by atoms with Gasteiger partial charge in [0.15, 0.2) is 0 Å². The molecule has 0 atom stereocenters. The number of rotatable bonds is 2. The smallest absolute Gasteiger partial charge is 0.286 e. The van der Waals surface area contributed by atoms with E-state index in [-0.39, 0.29) is 5.24 Å². The van der Waals surface area contributed by atoms with Crippen molar-refractivity contribution in [2.24, 2.45) is 4.99 Å². The fourth-order valence-electron chi connectivity index (χ4n) is 1.14. The molecular weight excluding hydrogens is 284 g/mol. The van der Waals surface area contributed by atoms with Gasteiger partial charge in [0.05, 0.1) is 9.90 Å². The summed E-state index contributed by atoms with van der Waals surface area (Å²) in [7, 11) is 6.66. The highest BCUT2D eigenvalue weighted by atomic mass is 32.9. The van der Waals surface area contributed by atoms with Gasteiger partial charge in [-0.25, -0.2) is 4.99 Å². The third-order valence-corrected chi connectivity index (χ3v) is 5.72. The van der Waals surface area contributed by atoms with Gasteiger partial charge < -0.3 is 4.90 Å². The number of hydrogen-bond donors (Lipinski definition) is 0. The molecule has 3 nitrogen and oxygen atoms in total. The summed E-state index contributed by atoms with van der Waals surface area (Å²) < 4.78 is 1.91. The van der Waals surface area contributed by atoms with Crippen LogP contribution in [0.4, 0.5) is 10.5 Å². The third kappa shape index (κ3) is 3.69. The van der Waals surface area contributed by atoms with E-state index in [9.17, 15) is 4.79 Å². The molecule has 0 aliphatic rings. The van der Waals surface area contributed by atoms with Crippen molar-refractivity contribution < 1.29 is 4.79 Å². The number of carbonyl (C=O) groups is 1. The van der Waals surface area contributed by atoms with E-state index in [0.29, 0.717) is 0 Å². The molecule has 1 aromatic carbocycles. The van der Waals surface area contributed by atoms with Crippen LogP contribution in [0, 0.1) is 0 Å². The maximum atomic E-state index is 11.5. The third-order valence-electron chi connectivity index (χ3n) is 2.00. The molecule has 0 spiro atoms. The molecule has 1 heterocycles. The fourth-order valence-corrected chi connectivity index (χ4v) is 4.31. The molecule has 0 unspecified atom stereocenters. The topological polar surface area (TPSA) is 32.7 Å². The van der Waals surface area contributed by atoms with Crippen molar-refractivity contribution in [3.8, 4) is 0 Å². The van der Waals surface area contributed by atoms with E-state index in [1.165, 1.54) is 11.8 Å². The normalized spacial score (nSPS) is 11.6. The van der Waals surface area contributed by atoms with E-state index in [0.717, 1.165) is 14.6 Å². The summed E-state index contributed by atoms with van der Waals surface area (Å²) in [6.45, 7) is 0. The molecular formula is C12H12N2OS3. The van der Waals surface area contributed by atoms with Crippen molar-refractivity contribution in [1.29, 1.82) is 0 Å². The van der Waals surface area contributed by atoms with Crippen LogP contribution in [0.25, 0.3) is 0 Å². The summed E-state index contributed by atoms with van der Waals surface area (Å²) in [5, 5.41) is 0.0373. The number of thioether (sulfide) groups is 1. The lowest BCUT2D eigenvalue weighted by Gasteiger charge is -2.06. The molecule has 0 N–H and O–H groups in total. The Kier molecular flexibility index (Phi) is 4.57. The first-order chi connectivity index (χ1) is 8.65. The molecule has 0 bridgehead atoms. The Morgan fingerprint density at radius 2 is 1.94 bits per heavy atom. The van der Waals surface area contributed by atoms with Crippen LogP contribution in [0.5, 0.6) is 0 Å². The van der Waals surface area contributed by atoms with Gasteiger partial charge in [0.2, 0.25) is 0 Å². The highest BCUT2D eigenvalue weighted by molar-refractivity contribution is 8.15. The summed E-state index contributed by atoms with van der Waals surface area (Å²) in [6, 6.07) is 11.8. The van der Waals surface area contributed by atoms with Gasteiger partial charge in [-0.15, -0.1) is 0 Å². The molecule has 6 heteroatoms. The molecule has 18 heavy (non-hydrogen) atoms. The van der Waals surface area contributed by atoms with Gasteiger partial charge >= 0.3 is 0 Å². The quantitative estimate of drug-likeness (QED) is 0.623. The van der Waals surface area contributed by atoms with Gasteiger partial charge in [-0.1, -0.05) is 38.9 Å². The first-order valence-electron chi connectivity index (χ1n) is 5.24. The van der Waals surface area contributed by atoms with Crippen molar-refractivity contribution in [3.05, 3.63) is 41.1 Å². The van der Waals surface area contributed by atoms with Crippen LogP contribution in [-0.4, -0.2) is 24.2 Å². The number of hydrogen-bond acceptors (Lipinski definition) is 5. The Labute approximate surface area is 117 Å². The Balaban J connectivity index is 2.16. The number of carbonyl (C=O) groups excluding carboxylic acids is 1. The first kappa shape index (κ1) is 13.3. The lowest BCUT2D eigenvalue weighted by molar-refractivity contribution is 0.241. The van der Waals surface area contributed by atoms with Crippen LogP contribution in [-0.2, 0) is 0 Å². The summed E-state index contributed by atoms with van der Waals surface area (Å²) in [5.74, 6) is 0. The Hall–Kier alpha value is -1.11. The van der Waals surface area contributed by atoms with E-state index in [1.807, 2.05) is 36.4 Å². The van der Waals surface area contributed by atoms with Crippen molar-refractivity contribution in [1.82, 2.24) is 4.90 Å². The van der Waals surface area contributed by atoms with Crippen LogP contribution < -0.4 is 4.67 Å². The summed E-state index contributed by atoms with van der Waals surface area (Å²) >= 11 is 1.24. The zero-order valence-electron chi connectivity index (χ0n) is 9.99. The molecule has 2 rings (SSSR count). The fraction of sp³-hybridized carbons (Fsp3) is 0.167. The standard InChI is InChI=1S/C12H12N2OS3/c1-14(2)12(15)16-11-8-10(17-18-11)13-9-6-4-3-5-7-9/h3-8H,1-2H3/b13-10-. The molecule has 2 aromatic rings. The maximum Gasteiger partial charge on any atom is 0.286 e. The first-order valence-corrected chi connectivity index (χ1v) is 8.21. The zero-order valence-corrected chi connectivity index (χ0v) is 12.4. The van der Waals surface area contributed by atoms with Gasteiger partial charge in [-0.2, -0.15) is 0 Å². The molecule has 0 saturated heterocycles. The minimum absolute atomic E-state index is 0.0373. The number of para-hydroxylation sites is 1. The molecule has 1 amide bonds. The van der Waals surface area contributed by atoms with Gasteiger partial charge in [0, 0.05) is 14.1 Å². The van der Waals surface area contributed by atoms with Crippen molar-refractivity contribution >= 4 is 43.4 Å². The average molecular weight is 296 g/mol. The SMILES string of the molecule is CN(C)C(=O)Sc1c/c(=N/c2ccccc2)ss1. The van der Waals surface area contributed by atoms with Gasteiger partial charge in [0.25, 0.3) is 5.24 Å². The van der Waals surface area contributed by atoms with E-state index in [1.54, 1.807) is 39.7 Å². The summed E-state index contributed by atoms with van der Waals surface area (Å²) in [5.41, 5.74) is 0.932. The minimum Gasteiger partial charge on any atom is -0.339 e. The van der Waals surface area contributed by atoms with Gasteiger partial charge in [-0.3, -0.25) is 4.79 Å². The Morgan fingerprint density at radius 1 is 1.22 bits per heavy atom. The number of nitrogens with zero attached hydrogens (tertiary/aromatic N) is 2. The molecule has 0 aliphatic heterocycles. The lowest BCUT2D eigenvalue weighted by Crippen LogP contribution is -2.15. The number of benzene rings is 1. The molecule has 0 fully saturated rings. The largest absolute Gasteiger partial charge is 0.339 e. The highest BCUT2D eigenvalue weighted by Gasteiger charge is 2.08. The summed E-state index contributed by atoms with van der Waals surface area (Å²) in [6.07, 6.45) is 0. The lowest BCUT2D eigenvalue weighted by atomic mass is 10.3. The second-order valence-corrected chi connectivity index (χ2v) is 7.12. The van der Waals surface area contributed by atoms with Crippen LogP contribution in [0.1, 0.15) is 0 Å². The van der Waals surface area contributed by atoms with Crippen LogP contribution in [0.2, 0.25) is 0 Å². The van der Waals surface area contributed by atoms with E-state index in [4.69, 9.17) is 0 Å².